The van der Waals surface area contributed by atoms with Crippen molar-refractivity contribution in [3.8, 4) is 5.75 Å². The maximum Gasteiger partial charge on any atom is 0.253 e. The van der Waals surface area contributed by atoms with Gasteiger partial charge in [-0.05, 0) is 60.6 Å². The van der Waals surface area contributed by atoms with E-state index in [1.54, 1.807) is 0 Å². The van der Waals surface area contributed by atoms with Gasteiger partial charge in [-0.25, -0.2) is 0 Å². The van der Waals surface area contributed by atoms with Gasteiger partial charge in [-0.1, -0.05) is 73.7 Å². The molecule has 0 fully saturated rings. The Morgan fingerprint density at radius 3 is 2.62 bits per heavy atom. The maximum atomic E-state index is 13.1. The standard InChI is InChI=1S/C30H32N2O2/c1-3-20(2)31-30(33)27-14-8-13-26-24-11-7-12-25(24)28(32-29(26)27)22-15-17-23(18-16-22)34-19-21-9-5-4-6-10-21/h4-11,13-18,20,24-25,28,32H,3,12,19H2,1-2H3,(H,31,33). The predicted octanol–water partition coefficient (Wildman–Crippen LogP) is 6.62. The minimum Gasteiger partial charge on any atom is -0.489 e. The fraction of sp³-hybridized carbons (Fsp3) is 0.300. The summed E-state index contributed by atoms with van der Waals surface area (Å²) >= 11 is 0. The number of hydrogen-bond donors (Lipinski definition) is 2. The Hall–Kier alpha value is -3.53. The van der Waals surface area contributed by atoms with Crippen molar-refractivity contribution in [3.05, 3.63) is 107 Å². The SMILES string of the molecule is CCC(C)NC(=O)c1cccc2c1NC(c1ccc(OCc3ccccc3)cc1)C1CC=CC21. The lowest BCUT2D eigenvalue weighted by Gasteiger charge is -2.38. The minimum absolute atomic E-state index is 0.0115. The first-order valence-corrected chi connectivity index (χ1v) is 12.3. The third-order valence-corrected chi connectivity index (χ3v) is 7.12. The van der Waals surface area contributed by atoms with Crippen molar-refractivity contribution in [2.45, 2.75) is 51.3 Å². The van der Waals surface area contributed by atoms with Crippen molar-refractivity contribution < 1.29 is 9.53 Å². The van der Waals surface area contributed by atoms with Gasteiger partial charge in [-0.2, -0.15) is 0 Å². The highest BCUT2D eigenvalue weighted by Gasteiger charge is 2.39. The molecule has 1 amide bonds. The quantitative estimate of drug-likeness (QED) is 0.396. The van der Waals surface area contributed by atoms with Crippen molar-refractivity contribution in [2.75, 3.05) is 5.32 Å². The summed E-state index contributed by atoms with van der Waals surface area (Å²) < 4.78 is 5.99. The van der Waals surface area contributed by atoms with Crippen LogP contribution in [0, 0.1) is 5.92 Å². The van der Waals surface area contributed by atoms with E-state index in [9.17, 15) is 4.79 Å². The smallest absolute Gasteiger partial charge is 0.253 e. The van der Waals surface area contributed by atoms with E-state index in [0.29, 0.717) is 18.4 Å². The summed E-state index contributed by atoms with van der Waals surface area (Å²) in [4.78, 5) is 13.1. The molecule has 0 saturated heterocycles. The van der Waals surface area contributed by atoms with Crippen LogP contribution in [0.4, 0.5) is 5.69 Å². The maximum absolute atomic E-state index is 13.1. The number of fused-ring (bicyclic) bond motifs is 3. The number of para-hydroxylation sites is 1. The van der Waals surface area contributed by atoms with Gasteiger partial charge in [0.1, 0.15) is 12.4 Å². The van der Waals surface area contributed by atoms with Crippen LogP contribution in [0.2, 0.25) is 0 Å². The summed E-state index contributed by atoms with van der Waals surface area (Å²) in [6.07, 6.45) is 6.52. The second-order valence-corrected chi connectivity index (χ2v) is 9.37. The summed E-state index contributed by atoms with van der Waals surface area (Å²) in [6, 6.07) is 25.0. The highest BCUT2D eigenvalue weighted by atomic mass is 16.5. The monoisotopic (exact) mass is 452 g/mol. The molecule has 4 heteroatoms. The zero-order valence-corrected chi connectivity index (χ0v) is 19.8. The van der Waals surface area contributed by atoms with E-state index in [-0.39, 0.29) is 18.0 Å². The van der Waals surface area contributed by atoms with Crippen LogP contribution < -0.4 is 15.4 Å². The number of allylic oxidation sites excluding steroid dienone is 2. The molecule has 0 aromatic heterocycles. The number of anilines is 1. The van der Waals surface area contributed by atoms with E-state index in [0.717, 1.165) is 35.4 Å². The summed E-state index contributed by atoms with van der Waals surface area (Å²) in [5, 5.41) is 6.89. The van der Waals surface area contributed by atoms with E-state index in [1.807, 2.05) is 49.4 Å². The van der Waals surface area contributed by atoms with E-state index in [2.05, 4.69) is 60.0 Å². The number of ether oxygens (including phenoxy) is 1. The van der Waals surface area contributed by atoms with Gasteiger partial charge in [0.05, 0.1) is 17.3 Å². The van der Waals surface area contributed by atoms with Crippen LogP contribution in [0.25, 0.3) is 0 Å². The first kappa shape index (κ1) is 22.3. The number of rotatable bonds is 7. The second kappa shape index (κ2) is 9.76. The number of nitrogens with one attached hydrogen (secondary N) is 2. The topological polar surface area (TPSA) is 50.4 Å². The summed E-state index contributed by atoms with van der Waals surface area (Å²) in [5.41, 5.74) is 5.28. The normalized spacial score (nSPS) is 21.2. The van der Waals surface area contributed by atoms with Gasteiger partial charge in [0.25, 0.3) is 5.91 Å². The molecule has 5 rings (SSSR count). The van der Waals surface area contributed by atoms with Gasteiger partial charge in [0, 0.05) is 12.0 Å². The molecule has 0 spiro atoms. The third kappa shape index (κ3) is 4.45. The van der Waals surface area contributed by atoms with E-state index >= 15 is 0 Å². The molecule has 2 aliphatic rings. The molecule has 0 saturated carbocycles. The highest BCUT2D eigenvalue weighted by Crippen LogP contribution is 2.50. The van der Waals surface area contributed by atoms with Crippen molar-refractivity contribution in [1.29, 1.82) is 0 Å². The van der Waals surface area contributed by atoms with E-state index in [1.165, 1.54) is 11.1 Å². The lowest BCUT2D eigenvalue weighted by molar-refractivity contribution is 0.0939. The Balaban J connectivity index is 1.39. The molecule has 1 heterocycles. The van der Waals surface area contributed by atoms with Crippen molar-refractivity contribution in [3.63, 3.8) is 0 Å². The van der Waals surface area contributed by atoms with Gasteiger partial charge in [0.15, 0.2) is 0 Å². The lowest BCUT2D eigenvalue weighted by atomic mass is 9.76. The van der Waals surface area contributed by atoms with Crippen LogP contribution in [0.3, 0.4) is 0 Å². The highest BCUT2D eigenvalue weighted by molar-refractivity contribution is 6.01. The Morgan fingerprint density at radius 1 is 1.06 bits per heavy atom. The summed E-state index contributed by atoms with van der Waals surface area (Å²) in [6.45, 7) is 4.68. The fourth-order valence-corrected chi connectivity index (χ4v) is 5.06. The predicted molar refractivity (Wildman–Crippen MR) is 137 cm³/mol. The molecular weight excluding hydrogens is 420 g/mol. The molecule has 1 aliphatic carbocycles. The molecule has 0 bridgehead atoms. The molecule has 0 radical (unpaired) electrons. The van der Waals surface area contributed by atoms with Crippen LogP contribution in [0.1, 0.15) is 65.7 Å². The van der Waals surface area contributed by atoms with Gasteiger partial charge in [-0.3, -0.25) is 4.79 Å². The first-order valence-electron chi connectivity index (χ1n) is 12.3. The average Bonchev–Trinajstić information content (AvgIpc) is 3.38. The van der Waals surface area contributed by atoms with Crippen LogP contribution in [0.15, 0.2) is 84.9 Å². The molecule has 34 heavy (non-hydrogen) atoms. The molecule has 174 valence electrons. The Kier molecular flexibility index (Phi) is 6.39. The molecule has 3 aromatic carbocycles. The zero-order chi connectivity index (χ0) is 23.5. The van der Waals surface area contributed by atoms with Crippen LogP contribution >= 0.6 is 0 Å². The van der Waals surface area contributed by atoms with Gasteiger partial charge < -0.3 is 15.4 Å². The molecule has 4 nitrogen and oxygen atoms in total. The minimum atomic E-state index is -0.0115. The van der Waals surface area contributed by atoms with Crippen molar-refractivity contribution >= 4 is 11.6 Å². The largest absolute Gasteiger partial charge is 0.489 e. The van der Waals surface area contributed by atoms with Crippen molar-refractivity contribution in [2.24, 2.45) is 5.92 Å². The number of hydrogen-bond acceptors (Lipinski definition) is 3. The first-order chi connectivity index (χ1) is 16.6. The molecule has 2 N–H and O–H groups in total. The van der Waals surface area contributed by atoms with Gasteiger partial charge >= 0.3 is 0 Å². The van der Waals surface area contributed by atoms with E-state index < -0.39 is 0 Å². The Morgan fingerprint density at radius 2 is 1.85 bits per heavy atom. The number of benzene rings is 3. The second-order valence-electron chi connectivity index (χ2n) is 9.37. The molecule has 4 unspecified atom stereocenters. The molecule has 3 aromatic rings. The van der Waals surface area contributed by atoms with Crippen LogP contribution in [0.5, 0.6) is 5.75 Å². The molecular formula is C30H32N2O2. The summed E-state index contributed by atoms with van der Waals surface area (Å²) in [5.74, 6) is 1.59. The average molecular weight is 453 g/mol. The van der Waals surface area contributed by atoms with Gasteiger partial charge in [-0.15, -0.1) is 0 Å². The molecule has 1 aliphatic heterocycles. The molecule has 4 atom stereocenters. The van der Waals surface area contributed by atoms with Crippen LogP contribution in [-0.2, 0) is 6.61 Å². The summed E-state index contributed by atoms with van der Waals surface area (Å²) in [7, 11) is 0. The number of carbonyl (C=O) groups excluding carboxylic acids is 1. The zero-order valence-electron chi connectivity index (χ0n) is 19.8. The Bertz CT molecular complexity index is 1170. The van der Waals surface area contributed by atoms with Crippen LogP contribution in [-0.4, -0.2) is 11.9 Å². The Labute approximate surface area is 202 Å². The fourth-order valence-electron chi connectivity index (χ4n) is 5.06. The lowest BCUT2D eigenvalue weighted by Crippen LogP contribution is -2.35. The third-order valence-electron chi connectivity index (χ3n) is 7.12. The van der Waals surface area contributed by atoms with Gasteiger partial charge in [0.2, 0.25) is 0 Å². The van der Waals surface area contributed by atoms with E-state index in [4.69, 9.17) is 4.74 Å². The van der Waals surface area contributed by atoms with Crippen molar-refractivity contribution in [1.82, 2.24) is 5.32 Å². The number of carbonyl (C=O) groups is 1. The number of amides is 1.